The van der Waals surface area contributed by atoms with E-state index >= 15 is 0 Å². The van der Waals surface area contributed by atoms with Gasteiger partial charge in [-0.05, 0) is 50.6 Å². The van der Waals surface area contributed by atoms with E-state index in [-0.39, 0.29) is 12.1 Å². The Hall–Kier alpha value is -1.92. The lowest BCUT2D eigenvalue weighted by Crippen LogP contribution is -2.36. The third-order valence-corrected chi connectivity index (χ3v) is 4.63. The number of hydrogen-bond donors (Lipinski definition) is 1. The van der Waals surface area contributed by atoms with Gasteiger partial charge in [0.1, 0.15) is 0 Å². The van der Waals surface area contributed by atoms with Gasteiger partial charge < -0.3 is 19.7 Å². The fourth-order valence-electron chi connectivity index (χ4n) is 3.06. The van der Waals surface area contributed by atoms with Crippen LogP contribution in [0.1, 0.15) is 23.5 Å². The first-order chi connectivity index (χ1) is 11.1. The fraction of sp³-hybridized carbons (Fsp3) is 0.412. The van der Waals surface area contributed by atoms with Gasteiger partial charge in [0.15, 0.2) is 5.11 Å². The number of thiocarbonyl (C=S) groups is 1. The summed E-state index contributed by atoms with van der Waals surface area (Å²) in [6.07, 6.45) is 3.92. The molecular formula is C17H23N5S. The number of hydrogen-bond acceptors (Lipinski definition) is 3. The zero-order chi connectivity index (χ0) is 16.4. The number of aryl methyl sites for hydroxylation is 1. The van der Waals surface area contributed by atoms with Gasteiger partial charge in [-0.2, -0.15) is 0 Å². The van der Waals surface area contributed by atoms with Gasteiger partial charge in [-0.3, -0.25) is 4.98 Å². The van der Waals surface area contributed by atoms with Crippen molar-refractivity contribution < 1.29 is 0 Å². The molecule has 0 aliphatic carbocycles. The van der Waals surface area contributed by atoms with Crippen LogP contribution < -0.4 is 5.32 Å². The topological polar surface area (TPSA) is 36.3 Å². The van der Waals surface area contributed by atoms with Crippen LogP contribution in [-0.2, 0) is 7.05 Å². The second kappa shape index (κ2) is 6.68. The summed E-state index contributed by atoms with van der Waals surface area (Å²) in [7, 11) is 6.25. The largest absolute Gasteiger partial charge is 0.353 e. The van der Waals surface area contributed by atoms with Crippen LogP contribution in [0.5, 0.6) is 0 Å². The molecule has 1 aliphatic rings. The van der Waals surface area contributed by atoms with E-state index in [0.29, 0.717) is 0 Å². The highest BCUT2D eigenvalue weighted by Gasteiger charge is 2.40. The van der Waals surface area contributed by atoms with E-state index < -0.39 is 0 Å². The van der Waals surface area contributed by atoms with E-state index in [2.05, 4.69) is 70.2 Å². The monoisotopic (exact) mass is 329 g/mol. The van der Waals surface area contributed by atoms with Crippen molar-refractivity contribution in [3.05, 3.63) is 54.1 Å². The van der Waals surface area contributed by atoms with E-state index in [0.717, 1.165) is 23.9 Å². The Labute approximate surface area is 142 Å². The van der Waals surface area contributed by atoms with Crippen LogP contribution in [0.15, 0.2) is 42.7 Å². The predicted octanol–water partition coefficient (Wildman–Crippen LogP) is 1.95. The third kappa shape index (κ3) is 3.23. The minimum absolute atomic E-state index is 0.0689. The summed E-state index contributed by atoms with van der Waals surface area (Å²) in [5.74, 6) is 0. The van der Waals surface area contributed by atoms with Crippen LogP contribution in [0.3, 0.4) is 0 Å². The molecule has 1 N–H and O–H groups in total. The molecule has 6 heteroatoms. The van der Waals surface area contributed by atoms with Gasteiger partial charge in [0.25, 0.3) is 0 Å². The number of likely N-dealkylation sites (N-methyl/N-ethyl adjacent to an activating group) is 1. The summed E-state index contributed by atoms with van der Waals surface area (Å²) in [4.78, 5) is 9.01. The molecule has 1 saturated heterocycles. The summed E-state index contributed by atoms with van der Waals surface area (Å²) in [5, 5.41) is 4.27. The molecular weight excluding hydrogens is 306 g/mol. The van der Waals surface area contributed by atoms with Crippen LogP contribution in [0.4, 0.5) is 0 Å². The molecule has 0 bridgehead atoms. The van der Waals surface area contributed by atoms with E-state index in [9.17, 15) is 0 Å². The van der Waals surface area contributed by atoms with Gasteiger partial charge in [0.05, 0.1) is 17.8 Å². The van der Waals surface area contributed by atoms with Crippen LogP contribution in [-0.4, -0.2) is 51.6 Å². The van der Waals surface area contributed by atoms with Crippen LogP contribution in [0.25, 0.3) is 0 Å². The van der Waals surface area contributed by atoms with E-state index in [1.807, 2.05) is 18.3 Å². The number of aromatic nitrogens is 2. The van der Waals surface area contributed by atoms with Gasteiger partial charge in [0, 0.05) is 38.2 Å². The van der Waals surface area contributed by atoms with Crippen molar-refractivity contribution in [1.82, 2.24) is 24.7 Å². The van der Waals surface area contributed by atoms with E-state index in [4.69, 9.17) is 12.2 Å². The SMILES string of the molecule is CN(C)CCN1C(=S)N[C@@H](c2ccccn2)[C@H]1c1cccn1C. The Morgan fingerprint density at radius 1 is 1.26 bits per heavy atom. The van der Waals surface area contributed by atoms with Gasteiger partial charge in [0.2, 0.25) is 0 Å². The summed E-state index contributed by atoms with van der Waals surface area (Å²) in [5.41, 5.74) is 2.26. The van der Waals surface area contributed by atoms with E-state index in [1.165, 1.54) is 5.69 Å². The molecule has 0 aromatic carbocycles. The van der Waals surface area contributed by atoms with Gasteiger partial charge in [-0.25, -0.2) is 0 Å². The Kier molecular flexibility index (Phi) is 4.63. The first-order valence-electron chi connectivity index (χ1n) is 7.82. The maximum Gasteiger partial charge on any atom is 0.170 e. The summed E-state index contributed by atoms with van der Waals surface area (Å²) >= 11 is 5.62. The lowest BCUT2D eigenvalue weighted by molar-refractivity contribution is 0.270. The molecule has 0 unspecified atom stereocenters. The second-order valence-corrected chi connectivity index (χ2v) is 6.55. The maximum atomic E-state index is 5.62. The quantitative estimate of drug-likeness (QED) is 0.849. The Balaban J connectivity index is 1.96. The molecule has 23 heavy (non-hydrogen) atoms. The third-order valence-electron chi connectivity index (χ3n) is 4.27. The van der Waals surface area contributed by atoms with Gasteiger partial charge >= 0.3 is 0 Å². The molecule has 2 aromatic rings. The molecule has 2 atom stereocenters. The Morgan fingerprint density at radius 2 is 2.09 bits per heavy atom. The molecule has 2 aromatic heterocycles. The second-order valence-electron chi connectivity index (χ2n) is 6.17. The zero-order valence-corrected chi connectivity index (χ0v) is 14.6. The molecule has 0 saturated carbocycles. The molecule has 0 spiro atoms. The van der Waals surface area contributed by atoms with Crippen molar-refractivity contribution in [1.29, 1.82) is 0 Å². The average Bonchev–Trinajstić information content (AvgIpc) is 3.09. The first-order valence-corrected chi connectivity index (χ1v) is 8.23. The molecule has 0 radical (unpaired) electrons. The summed E-state index contributed by atoms with van der Waals surface area (Å²) in [6, 6.07) is 10.5. The van der Waals surface area contributed by atoms with Crippen molar-refractivity contribution in [3.8, 4) is 0 Å². The van der Waals surface area contributed by atoms with Crippen LogP contribution >= 0.6 is 12.2 Å². The molecule has 5 nitrogen and oxygen atoms in total. The minimum Gasteiger partial charge on any atom is -0.353 e. The molecule has 122 valence electrons. The van der Waals surface area contributed by atoms with E-state index in [1.54, 1.807) is 0 Å². The van der Waals surface area contributed by atoms with Gasteiger partial charge in [-0.15, -0.1) is 0 Å². The average molecular weight is 329 g/mol. The fourth-order valence-corrected chi connectivity index (χ4v) is 3.39. The maximum absolute atomic E-state index is 5.62. The molecule has 1 aliphatic heterocycles. The Morgan fingerprint density at radius 3 is 2.70 bits per heavy atom. The van der Waals surface area contributed by atoms with Gasteiger partial charge in [-0.1, -0.05) is 6.07 Å². The summed E-state index contributed by atoms with van der Waals surface area (Å²) in [6.45, 7) is 1.84. The number of pyridine rings is 1. The zero-order valence-electron chi connectivity index (χ0n) is 13.8. The van der Waals surface area contributed by atoms with Crippen molar-refractivity contribution in [2.75, 3.05) is 27.2 Å². The molecule has 0 amide bonds. The molecule has 1 fully saturated rings. The van der Waals surface area contributed by atoms with Crippen molar-refractivity contribution >= 4 is 17.3 Å². The molecule has 3 rings (SSSR count). The summed E-state index contributed by atoms with van der Waals surface area (Å²) < 4.78 is 2.17. The smallest absolute Gasteiger partial charge is 0.170 e. The predicted molar refractivity (Wildman–Crippen MR) is 96.1 cm³/mol. The van der Waals surface area contributed by atoms with Crippen LogP contribution in [0.2, 0.25) is 0 Å². The van der Waals surface area contributed by atoms with Crippen molar-refractivity contribution in [2.24, 2.45) is 7.05 Å². The van der Waals surface area contributed by atoms with Crippen molar-refractivity contribution in [2.45, 2.75) is 12.1 Å². The highest BCUT2D eigenvalue weighted by Crippen LogP contribution is 2.38. The normalized spacial score (nSPS) is 21.0. The highest BCUT2D eigenvalue weighted by atomic mass is 32.1. The number of rotatable bonds is 5. The Bertz CT molecular complexity index is 667. The minimum atomic E-state index is 0.0689. The standard InChI is InChI=1S/C17H23N5S/c1-20(2)11-12-22-16(14-8-6-10-21(14)3)15(19-17(22)23)13-7-4-5-9-18-13/h4-10,15-16H,11-12H2,1-3H3,(H,19,23)/t15-,16+/m0/s1. The highest BCUT2D eigenvalue weighted by molar-refractivity contribution is 7.80. The molecule has 3 heterocycles. The van der Waals surface area contributed by atoms with Crippen molar-refractivity contribution in [3.63, 3.8) is 0 Å². The number of nitrogens with zero attached hydrogens (tertiary/aromatic N) is 4. The number of nitrogens with one attached hydrogen (secondary N) is 1. The lowest BCUT2D eigenvalue weighted by atomic mass is 10.0. The lowest BCUT2D eigenvalue weighted by Gasteiger charge is -2.29. The van der Waals surface area contributed by atoms with Crippen LogP contribution in [0, 0.1) is 0 Å². The first kappa shape index (κ1) is 16.0.